The Morgan fingerprint density at radius 3 is 2.44 bits per heavy atom. The molecular weight excluding hydrogens is 336 g/mol. The number of halogens is 1. The molecule has 0 aliphatic carbocycles. The lowest BCUT2D eigenvalue weighted by atomic mass is 10.2. The van der Waals surface area contributed by atoms with Gasteiger partial charge in [-0.15, -0.1) is 0 Å². The molecule has 0 radical (unpaired) electrons. The molecule has 0 bridgehead atoms. The quantitative estimate of drug-likeness (QED) is 0.783. The second kappa shape index (κ2) is 8.08. The van der Waals surface area contributed by atoms with Gasteiger partial charge in [0.15, 0.2) is 0 Å². The highest BCUT2D eigenvalue weighted by Crippen LogP contribution is 2.26. The van der Waals surface area contributed by atoms with Crippen molar-refractivity contribution in [3.05, 3.63) is 65.2 Å². The second-order valence-electron chi connectivity index (χ2n) is 5.84. The molecule has 130 valence electrons. The van der Waals surface area contributed by atoms with E-state index in [9.17, 15) is 4.79 Å². The van der Waals surface area contributed by atoms with E-state index in [2.05, 4.69) is 4.90 Å². The Kier molecular flexibility index (Phi) is 5.61. The van der Waals surface area contributed by atoms with Crippen molar-refractivity contribution in [2.24, 2.45) is 0 Å². The Balaban J connectivity index is 1.60. The van der Waals surface area contributed by atoms with Gasteiger partial charge in [-0.2, -0.15) is 0 Å². The van der Waals surface area contributed by atoms with Gasteiger partial charge in [-0.3, -0.25) is 4.79 Å². The number of carbonyl (C=O) groups is 1. The molecule has 4 nitrogen and oxygen atoms in total. The van der Waals surface area contributed by atoms with Crippen LogP contribution in [0.15, 0.2) is 54.6 Å². The summed E-state index contributed by atoms with van der Waals surface area (Å²) in [6.07, 6.45) is 3.42. The van der Waals surface area contributed by atoms with Crippen LogP contribution in [0.3, 0.4) is 0 Å². The molecule has 3 rings (SSSR count). The number of carbonyl (C=O) groups excluding carboxylic acids is 1. The van der Waals surface area contributed by atoms with Crippen molar-refractivity contribution in [1.82, 2.24) is 4.90 Å². The average molecular weight is 357 g/mol. The van der Waals surface area contributed by atoms with Crippen LogP contribution in [0.2, 0.25) is 5.02 Å². The number of nitrogens with zero attached hydrogens (tertiary/aromatic N) is 2. The van der Waals surface area contributed by atoms with Crippen LogP contribution in [0.4, 0.5) is 5.69 Å². The number of piperazine rings is 1. The molecule has 5 heteroatoms. The monoisotopic (exact) mass is 356 g/mol. The minimum Gasteiger partial charge on any atom is -0.496 e. The minimum absolute atomic E-state index is 0.0183. The SMILES string of the molecule is COc1ccccc1C=CC(=O)N1CCN(c2ccccc2Cl)CC1. The summed E-state index contributed by atoms with van der Waals surface area (Å²) in [4.78, 5) is 16.5. The molecule has 0 saturated carbocycles. The summed E-state index contributed by atoms with van der Waals surface area (Å²) in [5, 5.41) is 0.748. The van der Waals surface area contributed by atoms with Gasteiger partial charge in [0.05, 0.1) is 17.8 Å². The highest BCUT2D eigenvalue weighted by molar-refractivity contribution is 6.33. The molecule has 0 unspecified atom stereocenters. The standard InChI is InChI=1S/C20H21ClN2O2/c1-25-19-9-5-2-6-16(19)10-11-20(24)23-14-12-22(13-15-23)18-8-4-3-7-17(18)21/h2-11H,12-15H2,1H3. The molecule has 0 aromatic heterocycles. The first kappa shape index (κ1) is 17.4. The number of hydrogen-bond donors (Lipinski definition) is 0. The molecule has 1 heterocycles. The predicted octanol–water partition coefficient (Wildman–Crippen LogP) is 3.71. The normalized spacial score (nSPS) is 14.8. The zero-order valence-electron chi connectivity index (χ0n) is 14.2. The third kappa shape index (κ3) is 4.15. The third-order valence-corrected chi connectivity index (χ3v) is 4.65. The molecule has 2 aromatic rings. The van der Waals surface area contributed by atoms with Crippen molar-refractivity contribution >= 4 is 29.3 Å². The van der Waals surface area contributed by atoms with Gasteiger partial charge in [-0.05, 0) is 24.3 Å². The molecule has 1 saturated heterocycles. The van der Waals surface area contributed by atoms with Crippen LogP contribution in [-0.2, 0) is 4.79 Å². The van der Waals surface area contributed by atoms with Crippen molar-refractivity contribution in [3.63, 3.8) is 0 Å². The lowest BCUT2D eigenvalue weighted by molar-refractivity contribution is -0.126. The smallest absolute Gasteiger partial charge is 0.246 e. The molecule has 0 N–H and O–H groups in total. The van der Waals surface area contributed by atoms with E-state index >= 15 is 0 Å². The summed E-state index contributed by atoms with van der Waals surface area (Å²) >= 11 is 6.26. The van der Waals surface area contributed by atoms with Crippen LogP contribution in [0.5, 0.6) is 5.75 Å². The fraction of sp³-hybridized carbons (Fsp3) is 0.250. The fourth-order valence-electron chi connectivity index (χ4n) is 2.95. The Morgan fingerprint density at radius 2 is 1.72 bits per heavy atom. The Morgan fingerprint density at radius 1 is 1.04 bits per heavy atom. The van der Waals surface area contributed by atoms with E-state index in [4.69, 9.17) is 16.3 Å². The Hall–Kier alpha value is -2.46. The van der Waals surface area contributed by atoms with Crippen LogP contribution in [0.1, 0.15) is 5.56 Å². The number of rotatable bonds is 4. The molecule has 0 atom stereocenters. The number of para-hydroxylation sites is 2. The topological polar surface area (TPSA) is 32.8 Å². The first-order valence-corrected chi connectivity index (χ1v) is 8.66. The van der Waals surface area contributed by atoms with E-state index in [0.29, 0.717) is 13.1 Å². The maximum atomic E-state index is 12.4. The minimum atomic E-state index is 0.0183. The zero-order valence-corrected chi connectivity index (χ0v) is 14.9. The van der Waals surface area contributed by atoms with Crippen molar-refractivity contribution in [3.8, 4) is 5.75 Å². The van der Waals surface area contributed by atoms with E-state index in [1.807, 2.05) is 59.5 Å². The number of methoxy groups -OCH3 is 1. The highest BCUT2D eigenvalue weighted by atomic mass is 35.5. The van der Waals surface area contributed by atoms with Crippen LogP contribution in [-0.4, -0.2) is 44.1 Å². The molecule has 0 spiro atoms. The number of benzene rings is 2. The summed E-state index contributed by atoms with van der Waals surface area (Å²) in [6.45, 7) is 2.91. The molecule has 1 amide bonds. The first-order chi connectivity index (χ1) is 12.2. The summed E-state index contributed by atoms with van der Waals surface area (Å²) in [6, 6.07) is 15.5. The van der Waals surface area contributed by atoms with Crippen LogP contribution >= 0.6 is 11.6 Å². The average Bonchev–Trinajstić information content (AvgIpc) is 2.67. The van der Waals surface area contributed by atoms with Gasteiger partial charge in [-0.1, -0.05) is 41.9 Å². The molecule has 25 heavy (non-hydrogen) atoms. The van der Waals surface area contributed by atoms with E-state index in [1.54, 1.807) is 13.2 Å². The zero-order chi connectivity index (χ0) is 17.6. The maximum Gasteiger partial charge on any atom is 0.246 e. The molecular formula is C20H21ClN2O2. The van der Waals surface area contributed by atoms with Crippen LogP contribution < -0.4 is 9.64 Å². The van der Waals surface area contributed by atoms with Crippen LogP contribution in [0, 0.1) is 0 Å². The Bertz CT molecular complexity index is 768. The fourth-order valence-corrected chi connectivity index (χ4v) is 3.20. The lowest BCUT2D eigenvalue weighted by Crippen LogP contribution is -2.48. The molecule has 1 fully saturated rings. The summed E-state index contributed by atoms with van der Waals surface area (Å²) in [5.74, 6) is 0.778. The van der Waals surface area contributed by atoms with Gasteiger partial charge >= 0.3 is 0 Å². The van der Waals surface area contributed by atoms with E-state index in [1.165, 1.54) is 0 Å². The van der Waals surface area contributed by atoms with E-state index < -0.39 is 0 Å². The van der Waals surface area contributed by atoms with Gasteiger partial charge in [0.1, 0.15) is 5.75 Å². The van der Waals surface area contributed by atoms with Gasteiger partial charge in [0.25, 0.3) is 0 Å². The van der Waals surface area contributed by atoms with Crippen molar-refractivity contribution in [2.75, 3.05) is 38.2 Å². The van der Waals surface area contributed by atoms with Gasteiger partial charge in [-0.25, -0.2) is 0 Å². The van der Waals surface area contributed by atoms with E-state index in [0.717, 1.165) is 35.1 Å². The third-order valence-electron chi connectivity index (χ3n) is 4.33. The van der Waals surface area contributed by atoms with Crippen molar-refractivity contribution in [2.45, 2.75) is 0 Å². The Labute approximate surface area is 153 Å². The first-order valence-electron chi connectivity index (χ1n) is 8.28. The maximum absolute atomic E-state index is 12.4. The van der Waals surface area contributed by atoms with Gasteiger partial charge in [0.2, 0.25) is 5.91 Å². The predicted molar refractivity (Wildman–Crippen MR) is 102 cm³/mol. The van der Waals surface area contributed by atoms with Gasteiger partial charge < -0.3 is 14.5 Å². The summed E-state index contributed by atoms with van der Waals surface area (Å²) in [5.41, 5.74) is 1.92. The molecule has 2 aromatic carbocycles. The summed E-state index contributed by atoms with van der Waals surface area (Å²) < 4.78 is 5.30. The lowest BCUT2D eigenvalue weighted by Gasteiger charge is -2.36. The van der Waals surface area contributed by atoms with E-state index in [-0.39, 0.29) is 5.91 Å². The number of anilines is 1. The summed E-state index contributed by atoms with van der Waals surface area (Å²) in [7, 11) is 1.63. The molecule has 1 aliphatic rings. The van der Waals surface area contributed by atoms with Crippen LogP contribution in [0.25, 0.3) is 6.08 Å². The van der Waals surface area contributed by atoms with Crippen molar-refractivity contribution in [1.29, 1.82) is 0 Å². The largest absolute Gasteiger partial charge is 0.496 e. The van der Waals surface area contributed by atoms with Gasteiger partial charge in [0, 0.05) is 37.8 Å². The molecule has 1 aliphatic heterocycles. The highest BCUT2D eigenvalue weighted by Gasteiger charge is 2.20. The second-order valence-corrected chi connectivity index (χ2v) is 6.25. The number of amides is 1. The number of hydrogen-bond acceptors (Lipinski definition) is 3. The van der Waals surface area contributed by atoms with Crippen molar-refractivity contribution < 1.29 is 9.53 Å². The number of ether oxygens (including phenoxy) is 1.